The number of hydrogen-bond donors (Lipinski definition) is 0. The molecule has 8 rings (SSSR count). The number of ether oxygens (including phenoxy) is 1. The summed E-state index contributed by atoms with van der Waals surface area (Å²) < 4.78 is 53.5. The summed E-state index contributed by atoms with van der Waals surface area (Å²) in [5, 5.41) is 1.88. The highest BCUT2D eigenvalue weighted by atomic mass is 35.5. The van der Waals surface area contributed by atoms with Gasteiger partial charge in [-0.25, -0.2) is 13.2 Å². The monoisotopic (exact) mass is 633 g/mol. The molecule has 45 heavy (non-hydrogen) atoms. The second-order valence-electron chi connectivity index (χ2n) is 12.6. The van der Waals surface area contributed by atoms with Gasteiger partial charge >= 0.3 is 6.01 Å². The minimum Gasteiger partial charge on any atom is -0.461 e. The Morgan fingerprint density at radius 3 is 2.78 bits per heavy atom. The summed E-state index contributed by atoms with van der Waals surface area (Å²) >= 11 is 6.54. The zero-order valence-electron chi connectivity index (χ0n) is 24.5. The Balaban J connectivity index is 1.25. The van der Waals surface area contributed by atoms with Crippen LogP contribution < -0.4 is 9.64 Å². The first-order valence-electron chi connectivity index (χ1n) is 15.4. The number of likely N-dealkylation sites (tertiary alicyclic amines) is 1. The van der Waals surface area contributed by atoms with Gasteiger partial charge in [0.15, 0.2) is 5.82 Å². The van der Waals surface area contributed by atoms with Gasteiger partial charge in [-0.1, -0.05) is 48.5 Å². The molecule has 0 spiro atoms. The zero-order valence-corrected chi connectivity index (χ0v) is 25.2. The van der Waals surface area contributed by atoms with Crippen molar-refractivity contribution in [3.8, 4) is 17.1 Å². The van der Waals surface area contributed by atoms with Crippen molar-refractivity contribution >= 4 is 45.0 Å². The molecule has 5 heterocycles. The third kappa shape index (κ3) is 4.40. The van der Waals surface area contributed by atoms with E-state index in [0.717, 1.165) is 24.8 Å². The molecule has 0 saturated carbocycles. The van der Waals surface area contributed by atoms with Crippen LogP contribution in [0.5, 0.6) is 6.01 Å². The summed E-state index contributed by atoms with van der Waals surface area (Å²) in [5.74, 6) is -1.40. The first-order chi connectivity index (χ1) is 21.8. The van der Waals surface area contributed by atoms with Crippen molar-refractivity contribution < 1.29 is 22.7 Å². The molecule has 0 bridgehead atoms. The number of amides is 1. The maximum absolute atomic E-state index is 16.7. The molecule has 2 unspecified atom stereocenters. The average molecular weight is 634 g/mol. The average Bonchev–Trinajstić information content (AvgIpc) is 3.65. The number of carbonyl (C=O) groups excluding carboxylic acids is 1. The molecule has 0 aliphatic carbocycles. The molecule has 11 heteroatoms. The second-order valence-corrected chi connectivity index (χ2v) is 13.0. The van der Waals surface area contributed by atoms with Gasteiger partial charge in [-0.05, 0) is 55.0 Å². The lowest BCUT2D eigenvalue weighted by molar-refractivity contribution is -0.127. The summed E-state index contributed by atoms with van der Waals surface area (Å²) in [6, 6.07) is 11.6. The number of hydrogen-bond acceptors (Lipinski definition) is 6. The van der Waals surface area contributed by atoms with Crippen LogP contribution in [0.1, 0.15) is 25.7 Å². The number of fused-ring (bicyclic) bond motifs is 4. The molecule has 1 aromatic heterocycles. The Hall–Kier alpha value is -3.89. The first-order valence-corrected chi connectivity index (χ1v) is 15.7. The van der Waals surface area contributed by atoms with Gasteiger partial charge < -0.3 is 14.5 Å². The number of halogens is 4. The summed E-state index contributed by atoms with van der Waals surface area (Å²) in [5.41, 5.74) is -0.454. The first kappa shape index (κ1) is 28.6. The van der Waals surface area contributed by atoms with Crippen molar-refractivity contribution in [2.24, 2.45) is 0 Å². The summed E-state index contributed by atoms with van der Waals surface area (Å²) in [7, 11) is 0. The van der Waals surface area contributed by atoms with Crippen molar-refractivity contribution in [3.05, 3.63) is 71.8 Å². The maximum Gasteiger partial charge on any atom is 0.319 e. The van der Waals surface area contributed by atoms with Crippen molar-refractivity contribution in [3.63, 3.8) is 0 Å². The fourth-order valence-corrected chi connectivity index (χ4v) is 8.38. The largest absolute Gasteiger partial charge is 0.461 e. The van der Waals surface area contributed by atoms with E-state index >= 15 is 8.78 Å². The number of anilines is 1. The minimum absolute atomic E-state index is 0.0473. The number of rotatable bonds is 6. The highest BCUT2D eigenvalue weighted by molar-refractivity contribution is 6.36. The Kier molecular flexibility index (Phi) is 6.73. The maximum atomic E-state index is 16.7. The number of aromatic nitrogens is 2. The number of carbonyl (C=O) groups is 1. The summed E-state index contributed by atoms with van der Waals surface area (Å²) in [6.07, 6.45) is 3.16. The number of benzene rings is 3. The van der Waals surface area contributed by atoms with Gasteiger partial charge in [0.25, 0.3) is 0 Å². The van der Waals surface area contributed by atoms with E-state index in [-0.39, 0.29) is 47.1 Å². The molecule has 0 radical (unpaired) electrons. The molecule has 4 aromatic rings. The predicted octanol–water partition coefficient (Wildman–Crippen LogP) is 6.31. The standard InChI is InChI=1S/C34H31ClF3N5O2/c1-2-27(44)42-13-10-25-26(42)17-43(25)32-22-14-24(37)29(21-8-3-6-19-7-4-9-23(35)28(19)21)30(38)31(22)39-33(40-32)45-18-34-11-5-12-41(34)16-20(36)15-34/h2-4,6-9,14,20,25-26H,1,5,10-13,15-18H2/t20-,25?,26-,34?/m1/s1. The van der Waals surface area contributed by atoms with Crippen LogP contribution in [-0.2, 0) is 4.79 Å². The summed E-state index contributed by atoms with van der Waals surface area (Å²) in [6.45, 7) is 5.95. The van der Waals surface area contributed by atoms with E-state index in [2.05, 4.69) is 16.5 Å². The van der Waals surface area contributed by atoms with Gasteiger partial charge in [-0.3, -0.25) is 9.69 Å². The van der Waals surface area contributed by atoms with Crippen LogP contribution in [0.4, 0.5) is 19.0 Å². The van der Waals surface area contributed by atoms with Crippen LogP contribution in [0.15, 0.2) is 55.1 Å². The van der Waals surface area contributed by atoms with E-state index in [1.165, 1.54) is 12.1 Å². The van der Waals surface area contributed by atoms with Crippen molar-refractivity contribution in [1.82, 2.24) is 19.8 Å². The Morgan fingerprint density at radius 2 is 1.96 bits per heavy atom. The molecule has 1 amide bonds. The topological polar surface area (TPSA) is 61.8 Å². The van der Waals surface area contributed by atoms with Crippen LogP contribution in [0.25, 0.3) is 32.8 Å². The van der Waals surface area contributed by atoms with E-state index in [4.69, 9.17) is 21.3 Å². The number of alkyl halides is 1. The van der Waals surface area contributed by atoms with Crippen molar-refractivity contribution in [1.29, 1.82) is 0 Å². The van der Waals surface area contributed by atoms with E-state index in [1.807, 2.05) is 17.0 Å². The highest BCUT2D eigenvalue weighted by Gasteiger charge is 2.51. The highest BCUT2D eigenvalue weighted by Crippen LogP contribution is 2.44. The van der Waals surface area contributed by atoms with Crippen LogP contribution in [-0.4, -0.2) is 82.3 Å². The molecule has 4 atom stereocenters. The third-order valence-corrected chi connectivity index (χ3v) is 10.5. The third-order valence-electron chi connectivity index (χ3n) is 10.2. The summed E-state index contributed by atoms with van der Waals surface area (Å²) in [4.78, 5) is 27.5. The normalized spacial score (nSPS) is 25.9. The molecular weight excluding hydrogens is 603 g/mol. The molecule has 4 aliphatic rings. The van der Waals surface area contributed by atoms with Gasteiger partial charge in [-0.15, -0.1) is 0 Å². The fourth-order valence-electron chi connectivity index (χ4n) is 8.10. The van der Waals surface area contributed by atoms with Crippen LogP contribution in [0.2, 0.25) is 5.02 Å². The van der Waals surface area contributed by atoms with Gasteiger partial charge in [0.1, 0.15) is 29.9 Å². The molecule has 0 N–H and O–H groups in total. The number of nitrogens with zero attached hydrogens (tertiary/aromatic N) is 5. The van der Waals surface area contributed by atoms with Crippen LogP contribution in [0, 0.1) is 11.6 Å². The molecule has 4 saturated heterocycles. The van der Waals surface area contributed by atoms with Gasteiger partial charge in [0.2, 0.25) is 5.91 Å². The second kappa shape index (κ2) is 10.6. The van der Waals surface area contributed by atoms with E-state index in [1.54, 1.807) is 29.2 Å². The smallest absolute Gasteiger partial charge is 0.319 e. The van der Waals surface area contributed by atoms with Crippen LogP contribution in [0.3, 0.4) is 0 Å². The Labute approximate surface area is 263 Å². The van der Waals surface area contributed by atoms with Gasteiger partial charge in [-0.2, -0.15) is 9.97 Å². The van der Waals surface area contributed by atoms with E-state index in [0.29, 0.717) is 54.3 Å². The minimum atomic E-state index is -0.931. The predicted molar refractivity (Wildman–Crippen MR) is 167 cm³/mol. The molecule has 7 nitrogen and oxygen atoms in total. The molecule has 4 fully saturated rings. The van der Waals surface area contributed by atoms with E-state index in [9.17, 15) is 9.18 Å². The van der Waals surface area contributed by atoms with Crippen molar-refractivity contribution in [2.45, 2.75) is 49.5 Å². The molecule has 232 valence electrons. The fraction of sp³-hybridized carbons (Fsp3) is 0.382. The SMILES string of the molecule is C=CC(=O)N1CCC2[C@H]1CN2c1nc(OCC23CCCN2C[C@H](F)C3)nc2c(F)c(-c3cccc4cccc(Cl)c34)c(F)cc12. The molecule has 3 aromatic carbocycles. The Bertz CT molecular complexity index is 1890. The quantitative estimate of drug-likeness (QED) is 0.232. The lowest BCUT2D eigenvalue weighted by Gasteiger charge is -2.47. The lowest BCUT2D eigenvalue weighted by atomic mass is 9.94. The Morgan fingerprint density at radius 1 is 1.13 bits per heavy atom. The van der Waals surface area contributed by atoms with Gasteiger partial charge in [0, 0.05) is 41.9 Å². The zero-order chi connectivity index (χ0) is 31.0. The van der Waals surface area contributed by atoms with Crippen molar-refractivity contribution in [2.75, 3.05) is 37.7 Å². The van der Waals surface area contributed by atoms with Crippen LogP contribution >= 0.6 is 11.6 Å². The van der Waals surface area contributed by atoms with E-state index < -0.39 is 23.3 Å². The molecule has 4 aliphatic heterocycles. The lowest BCUT2D eigenvalue weighted by Crippen LogP contribution is -2.63. The molecular formula is C34H31ClF3N5O2. The van der Waals surface area contributed by atoms with Gasteiger partial charge in [0.05, 0.1) is 23.2 Å².